The molecule has 0 aliphatic carbocycles. The molecule has 0 atom stereocenters. The number of para-hydroxylation sites is 1. The first-order chi connectivity index (χ1) is 15.3. The third-order valence-electron chi connectivity index (χ3n) is 5.05. The third-order valence-corrected chi connectivity index (χ3v) is 7.42. The van der Waals surface area contributed by atoms with E-state index in [1.165, 1.54) is 0 Å². The number of allylic oxidation sites excluding steroid dienone is 1. The van der Waals surface area contributed by atoms with E-state index in [9.17, 15) is 13.2 Å². The lowest BCUT2D eigenvalue weighted by atomic mass is 9.96. The van der Waals surface area contributed by atoms with Gasteiger partial charge in [0.1, 0.15) is 0 Å². The smallest absolute Gasteiger partial charge is 0.275 e. The van der Waals surface area contributed by atoms with Gasteiger partial charge in [0.15, 0.2) is 0 Å². The third kappa shape index (κ3) is 4.58. The van der Waals surface area contributed by atoms with Crippen LogP contribution in [0.1, 0.15) is 26.3 Å². The summed E-state index contributed by atoms with van der Waals surface area (Å²) in [4.78, 5) is 14.5. The second-order valence-corrected chi connectivity index (χ2v) is 10.8. The SMILES string of the molecule is CCS(=O)(=O)Nc1ccc(SC2=CC(=C3C(=O)NN=C3C(C)C)Nc3ccccc32)cc1. The fraction of sp³-hybridized carbons (Fsp3) is 0.217. The van der Waals surface area contributed by atoms with Gasteiger partial charge in [-0.15, -0.1) is 0 Å². The summed E-state index contributed by atoms with van der Waals surface area (Å²) in [5.41, 5.74) is 7.03. The molecule has 0 saturated heterocycles. The van der Waals surface area contributed by atoms with Crippen molar-refractivity contribution in [2.75, 3.05) is 15.8 Å². The molecule has 2 aromatic carbocycles. The highest BCUT2D eigenvalue weighted by atomic mass is 32.2. The lowest BCUT2D eigenvalue weighted by Crippen LogP contribution is -2.21. The summed E-state index contributed by atoms with van der Waals surface area (Å²) < 4.78 is 26.1. The van der Waals surface area contributed by atoms with Crippen molar-refractivity contribution in [2.45, 2.75) is 25.7 Å². The topological polar surface area (TPSA) is 99.7 Å². The van der Waals surface area contributed by atoms with Gasteiger partial charge >= 0.3 is 0 Å². The van der Waals surface area contributed by atoms with Crippen molar-refractivity contribution >= 4 is 49.7 Å². The van der Waals surface area contributed by atoms with Gasteiger partial charge < -0.3 is 5.32 Å². The summed E-state index contributed by atoms with van der Waals surface area (Å²) in [6.45, 7) is 5.61. The van der Waals surface area contributed by atoms with Crippen LogP contribution in [-0.2, 0) is 14.8 Å². The molecule has 32 heavy (non-hydrogen) atoms. The quantitative estimate of drug-likeness (QED) is 0.546. The monoisotopic (exact) mass is 468 g/mol. The summed E-state index contributed by atoms with van der Waals surface area (Å²) in [5.74, 6) is -0.101. The summed E-state index contributed by atoms with van der Waals surface area (Å²) in [6, 6.07) is 15.2. The van der Waals surface area contributed by atoms with E-state index in [0.717, 1.165) is 26.8 Å². The molecule has 3 N–H and O–H groups in total. The summed E-state index contributed by atoms with van der Waals surface area (Å²) >= 11 is 1.55. The average Bonchev–Trinajstić information content (AvgIpc) is 3.16. The zero-order valence-corrected chi connectivity index (χ0v) is 19.6. The molecule has 166 valence electrons. The fourth-order valence-electron chi connectivity index (χ4n) is 3.40. The van der Waals surface area contributed by atoms with Crippen LogP contribution in [-0.4, -0.2) is 25.8 Å². The Morgan fingerprint density at radius 3 is 2.50 bits per heavy atom. The van der Waals surface area contributed by atoms with E-state index in [-0.39, 0.29) is 17.6 Å². The van der Waals surface area contributed by atoms with E-state index in [0.29, 0.717) is 17.0 Å². The van der Waals surface area contributed by atoms with Crippen LogP contribution in [0.5, 0.6) is 0 Å². The highest BCUT2D eigenvalue weighted by Crippen LogP contribution is 2.42. The Balaban J connectivity index is 1.69. The maximum absolute atomic E-state index is 12.5. The number of sulfonamides is 1. The maximum Gasteiger partial charge on any atom is 0.275 e. The molecule has 0 aromatic heterocycles. The number of nitrogens with zero attached hydrogens (tertiary/aromatic N) is 1. The molecule has 0 fully saturated rings. The Morgan fingerprint density at radius 2 is 1.81 bits per heavy atom. The second kappa shape index (κ2) is 8.84. The largest absolute Gasteiger partial charge is 0.354 e. The number of benzene rings is 2. The molecule has 2 heterocycles. The minimum absolute atomic E-state index is 0.0207. The predicted molar refractivity (Wildman–Crippen MR) is 131 cm³/mol. The Bertz CT molecular complexity index is 1260. The van der Waals surface area contributed by atoms with Gasteiger partial charge in [-0.05, 0) is 49.2 Å². The lowest BCUT2D eigenvalue weighted by Gasteiger charge is -2.23. The van der Waals surface area contributed by atoms with Crippen LogP contribution < -0.4 is 15.5 Å². The number of carbonyl (C=O) groups excluding carboxylic acids is 1. The number of rotatable bonds is 6. The Hall–Kier alpha value is -3.04. The van der Waals surface area contributed by atoms with E-state index in [2.05, 4.69) is 20.6 Å². The Labute approximate surface area is 192 Å². The summed E-state index contributed by atoms with van der Waals surface area (Å²) in [7, 11) is -3.32. The van der Waals surface area contributed by atoms with Gasteiger partial charge in [0.2, 0.25) is 10.0 Å². The molecule has 9 heteroatoms. The number of hydrazone groups is 1. The molecule has 0 unspecified atom stereocenters. The number of carbonyl (C=O) groups is 1. The first-order valence-corrected chi connectivity index (χ1v) is 12.7. The minimum atomic E-state index is -3.32. The fourth-order valence-corrected chi connectivity index (χ4v) is 5.03. The molecule has 7 nitrogen and oxygen atoms in total. The van der Waals surface area contributed by atoms with E-state index in [1.807, 2.05) is 56.3 Å². The van der Waals surface area contributed by atoms with Gasteiger partial charge in [0, 0.05) is 26.7 Å². The van der Waals surface area contributed by atoms with Gasteiger partial charge in [-0.2, -0.15) is 5.10 Å². The van der Waals surface area contributed by atoms with Crippen molar-refractivity contribution < 1.29 is 13.2 Å². The average molecular weight is 469 g/mol. The standard InChI is InChI=1S/C23H24N4O3S2/c1-4-32(29,30)27-15-9-11-16(12-10-15)31-20-13-19(24-18-8-6-5-7-17(18)20)21-22(14(2)3)25-26-23(21)28/h5-14,24,27H,4H2,1-3H3,(H,26,28). The molecular formula is C23H24N4O3S2. The van der Waals surface area contributed by atoms with Crippen molar-refractivity contribution in [3.05, 3.63) is 71.4 Å². The van der Waals surface area contributed by atoms with Crippen molar-refractivity contribution in [2.24, 2.45) is 11.0 Å². The van der Waals surface area contributed by atoms with E-state index < -0.39 is 10.0 Å². The van der Waals surface area contributed by atoms with Crippen LogP contribution in [0.2, 0.25) is 0 Å². The van der Waals surface area contributed by atoms with Crippen LogP contribution in [0.4, 0.5) is 11.4 Å². The number of hydrogen-bond acceptors (Lipinski definition) is 6. The molecule has 0 saturated carbocycles. The minimum Gasteiger partial charge on any atom is -0.354 e. The number of thioether (sulfide) groups is 1. The van der Waals surface area contributed by atoms with Gasteiger partial charge in [0.05, 0.1) is 22.7 Å². The van der Waals surface area contributed by atoms with Crippen LogP contribution in [0.3, 0.4) is 0 Å². The molecule has 0 spiro atoms. The zero-order chi connectivity index (χ0) is 22.9. The van der Waals surface area contributed by atoms with Crippen LogP contribution in [0.25, 0.3) is 4.91 Å². The van der Waals surface area contributed by atoms with Crippen molar-refractivity contribution in [3.63, 3.8) is 0 Å². The highest BCUT2D eigenvalue weighted by Gasteiger charge is 2.30. The second-order valence-electron chi connectivity index (χ2n) is 7.69. The van der Waals surface area contributed by atoms with E-state index >= 15 is 0 Å². The van der Waals surface area contributed by atoms with E-state index in [1.54, 1.807) is 30.8 Å². The molecule has 2 aromatic rings. The summed E-state index contributed by atoms with van der Waals surface area (Å²) in [6.07, 6.45) is 1.97. The van der Waals surface area contributed by atoms with Crippen LogP contribution in [0, 0.1) is 5.92 Å². The molecule has 0 radical (unpaired) electrons. The highest BCUT2D eigenvalue weighted by molar-refractivity contribution is 8.08. The first kappa shape index (κ1) is 22.2. The molecular weight excluding hydrogens is 444 g/mol. The Kier molecular flexibility index (Phi) is 6.12. The summed E-state index contributed by atoms with van der Waals surface area (Å²) in [5, 5.41) is 7.59. The molecule has 1 amide bonds. The van der Waals surface area contributed by atoms with Crippen molar-refractivity contribution in [1.29, 1.82) is 0 Å². The molecule has 4 rings (SSSR count). The Morgan fingerprint density at radius 1 is 1.09 bits per heavy atom. The normalized spacial score (nSPS) is 17.9. The van der Waals surface area contributed by atoms with Gasteiger partial charge in [-0.1, -0.05) is 43.8 Å². The number of amides is 1. The maximum atomic E-state index is 12.5. The van der Waals surface area contributed by atoms with Crippen LogP contribution >= 0.6 is 11.8 Å². The van der Waals surface area contributed by atoms with Gasteiger partial charge in [-0.3, -0.25) is 9.52 Å². The first-order valence-electron chi connectivity index (χ1n) is 10.3. The van der Waals surface area contributed by atoms with E-state index in [4.69, 9.17) is 0 Å². The van der Waals surface area contributed by atoms with Crippen molar-refractivity contribution in [3.8, 4) is 0 Å². The predicted octanol–water partition coefficient (Wildman–Crippen LogP) is 4.40. The lowest BCUT2D eigenvalue weighted by molar-refractivity contribution is -0.116. The van der Waals surface area contributed by atoms with Crippen molar-refractivity contribution in [1.82, 2.24) is 5.43 Å². The number of nitrogens with one attached hydrogen (secondary N) is 3. The number of fused-ring (bicyclic) bond motifs is 1. The van der Waals surface area contributed by atoms with Crippen LogP contribution in [0.15, 0.2) is 75.9 Å². The molecule has 2 aliphatic heterocycles. The number of anilines is 2. The molecule has 0 bridgehead atoms. The zero-order valence-electron chi connectivity index (χ0n) is 18.0. The van der Waals surface area contributed by atoms with Gasteiger partial charge in [0.25, 0.3) is 5.91 Å². The number of hydrogen-bond donors (Lipinski definition) is 3. The molecule has 2 aliphatic rings. The van der Waals surface area contributed by atoms with Gasteiger partial charge in [-0.25, -0.2) is 13.8 Å².